The molecule has 4 aromatic carbocycles. The van der Waals surface area contributed by atoms with Crippen LogP contribution in [0.15, 0.2) is 115 Å². The number of non-ortho nitro benzene ring substituents is 1. The molecule has 1 aliphatic rings. The molecule has 8 nitrogen and oxygen atoms in total. The van der Waals surface area contributed by atoms with Gasteiger partial charge in [0.15, 0.2) is 0 Å². The highest BCUT2D eigenvalue weighted by Gasteiger charge is 2.46. The number of ether oxygens (including phenoxy) is 1. The van der Waals surface area contributed by atoms with Crippen LogP contribution >= 0.6 is 0 Å². The molecule has 8 heteroatoms. The van der Waals surface area contributed by atoms with Crippen LogP contribution in [0.1, 0.15) is 22.7 Å². The normalized spacial score (nSPS) is 16.4. The Balaban J connectivity index is 1.54. The molecule has 38 heavy (non-hydrogen) atoms. The van der Waals surface area contributed by atoms with Gasteiger partial charge < -0.3 is 9.84 Å². The third kappa shape index (κ3) is 4.75. The first-order chi connectivity index (χ1) is 18.4. The second-order valence-corrected chi connectivity index (χ2v) is 8.65. The number of benzene rings is 4. The van der Waals surface area contributed by atoms with Gasteiger partial charge in [0.25, 0.3) is 17.4 Å². The molecule has 0 spiro atoms. The van der Waals surface area contributed by atoms with Crippen LogP contribution in [0.3, 0.4) is 0 Å². The fourth-order valence-corrected chi connectivity index (χ4v) is 4.39. The number of para-hydroxylation sites is 1. The number of amides is 1. The number of aliphatic hydroxyl groups is 1. The Kier molecular flexibility index (Phi) is 6.69. The van der Waals surface area contributed by atoms with Crippen molar-refractivity contribution in [3.05, 3.63) is 142 Å². The molecule has 1 amide bonds. The van der Waals surface area contributed by atoms with Gasteiger partial charge in [-0.3, -0.25) is 24.6 Å². The Labute approximate surface area is 218 Å². The van der Waals surface area contributed by atoms with Crippen molar-refractivity contribution >= 4 is 28.8 Å². The molecule has 1 atom stereocenters. The molecule has 1 aliphatic heterocycles. The number of nitro benzene ring substituents is 1. The van der Waals surface area contributed by atoms with Gasteiger partial charge in [-0.05, 0) is 47.5 Å². The highest BCUT2D eigenvalue weighted by atomic mass is 16.6. The van der Waals surface area contributed by atoms with Crippen molar-refractivity contribution < 1.29 is 24.4 Å². The van der Waals surface area contributed by atoms with E-state index in [0.717, 1.165) is 5.56 Å². The number of carbonyl (C=O) groups excluding carboxylic acids is 2. The Bertz CT molecular complexity index is 1520. The Hall–Kier alpha value is -5.24. The summed E-state index contributed by atoms with van der Waals surface area (Å²) in [5.41, 5.74) is 2.02. The van der Waals surface area contributed by atoms with Gasteiger partial charge >= 0.3 is 0 Å². The zero-order valence-electron chi connectivity index (χ0n) is 20.1. The second-order valence-electron chi connectivity index (χ2n) is 8.65. The lowest BCUT2D eigenvalue weighted by molar-refractivity contribution is -0.384. The highest BCUT2D eigenvalue weighted by molar-refractivity contribution is 6.51. The van der Waals surface area contributed by atoms with Gasteiger partial charge in [-0.25, -0.2) is 0 Å². The molecule has 1 N–H and O–H groups in total. The van der Waals surface area contributed by atoms with Gasteiger partial charge in [0.05, 0.1) is 16.5 Å². The average Bonchev–Trinajstić information content (AvgIpc) is 3.22. The monoisotopic (exact) mass is 506 g/mol. The van der Waals surface area contributed by atoms with E-state index in [9.17, 15) is 24.8 Å². The molecule has 0 saturated carbocycles. The maximum absolute atomic E-state index is 13.2. The van der Waals surface area contributed by atoms with Crippen LogP contribution in [0.25, 0.3) is 5.76 Å². The molecule has 1 heterocycles. The van der Waals surface area contributed by atoms with Crippen LogP contribution in [-0.4, -0.2) is 21.7 Å². The summed E-state index contributed by atoms with van der Waals surface area (Å²) in [4.78, 5) is 38.3. The summed E-state index contributed by atoms with van der Waals surface area (Å²) < 4.78 is 5.87. The smallest absolute Gasteiger partial charge is 0.300 e. The van der Waals surface area contributed by atoms with Crippen molar-refractivity contribution in [2.45, 2.75) is 12.6 Å². The van der Waals surface area contributed by atoms with Crippen molar-refractivity contribution in [2.75, 3.05) is 4.90 Å². The minimum Gasteiger partial charge on any atom is -0.507 e. The third-order valence-corrected chi connectivity index (χ3v) is 6.27. The molecule has 5 rings (SSSR count). The van der Waals surface area contributed by atoms with Gasteiger partial charge in [-0.1, -0.05) is 60.7 Å². The van der Waals surface area contributed by atoms with E-state index >= 15 is 0 Å². The summed E-state index contributed by atoms with van der Waals surface area (Å²) in [5.74, 6) is -1.44. The first-order valence-corrected chi connectivity index (χ1v) is 11.8. The van der Waals surface area contributed by atoms with Gasteiger partial charge in [0.1, 0.15) is 18.1 Å². The number of hydrogen-bond acceptors (Lipinski definition) is 6. The topological polar surface area (TPSA) is 110 Å². The molecule has 0 aliphatic carbocycles. The van der Waals surface area contributed by atoms with Crippen molar-refractivity contribution in [1.29, 1.82) is 0 Å². The lowest BCUT2D eigenvalue weighted by Crippen LogP contribution is -2.29. The number of ketones is 1. The fraction of sp³-hybridized carbons (Fsp3) is 0.0667. The largest absolute Gasteiger partial charge is 0.507 e. The van der Waals surface area contributed by atoms with Crippen LogP contribution < -0.4 is 9.64 Å². The summed E-state index contributed by atoms with van der Waals surface area (Å²) in [5, 5.41) is 22.2. The highest BCUT2D eigenvalue weighted by Crippen LogP contribution is 2.42. The first-order valence-electron chi connectivity index (χ1n) is 11.8. The summed E-state index contributed by atoms with van der Waals surface area (Å²) in [6.45, 7) is 0.378. The van der Waals surface area contributed by atoms with E-state index in [4.69, 9.17) is 4.74 Å². The Morgan fingerprint density at radius 1 is 0.842 bits per heavy atom. The first kappa shape index (κ1) is 24.5. The van der Waals surface area contributed by atoms with Crippen LogP contribution in [0, 0.1) is 10.1 Å². The zero-order valence-corrected chi connectivity index (χ0v) is 20.1. The van der Waals surface area contributed by atoms with Crippen molar-refractivity contribution in [1.82, 2.24) is 0 Å². The van der Waals surface area contributed by atoms with Gasteiger partial charge in [-0.15, -0.1) is 0 Å². The summed E-state index contributed by atoms with van der Waals surface area (Å²) in [6.07, 6.45) is 0. The number of nitro groups is 1. The maximum atomic E-state index is 13.2. The molecule has 1 fully saturated rings. The molecule has 1 saturated heterocycles. The van der Waals surface area contributed by atoms with Crippen LogP contribution in [0.4, 0.5) is 11.4 Å². The third-order valence-electron chi connectivity index (χ3n) is 6.27. The number of rotatable bonds is 7. The van der Waals surface area contributed by atoms with E-state index in [0.29, 0.717) is 23.6 Å². The van der Waals surface area contributed by atoms with Crippen LogP contribution in [-0.2, 0) is 16.2 Å². The Morgan fingerprint density at radius 3 is 2.05 bits per heavy atom. The Morgan fingerprint density at radius 2 is 1.45 bits per heavy atom. The van der Waals surface area contributed by atoms with E-state index in [-0.39, 0.29) is 16.8 Å². The quantitative estimate of drug-likeness (QED) is 0.112. The van der Waals surface area contributed by atoms with Gasteiger partial charge in [0.2, 0.25) is 0 Å². The van der Waals surface area contributed by atoms with Crippen molar-refractivity contribution in [3.8, 4) is 5.75 Å². The molecule has 1 unspecified atom stereocenters. The lowest BCUT2D eigenvalue weighted by atomic mass is 9.95. The molecule has 0 bridgehead atoms. The van der Waals surface area contributed by atoms with Gasteiger partial charge in [-0.2, -0.15) is 0 Å². The van der Waals surface area contributed by atoms with E-state index in [1.165, 1.54) is 29.2 Å². The summed E-state index contributed by atoms with van der Waals surface area (Å²) in [7, 11) is 0. The van der Waals surface area contributed by atoms with Crippen molar-refractivity contribution in [3.63, 3.8) is 0 Å². The van der Waals surface area contributed by atoms with E-state index in [1.54, 1.807) is 54.6 Å². The zero-order chi connectivity index (χ0) is 26.6. The number of hydrogen-bond donors (Lipinski definition) is 1. The van der Waals surface area contributed by atoms with Gasteiger partial charge in [0, 0.05) is 23.4 Å². The predicted octanol–water partition coefficient (Wildman–Crippen LogP) is 5.80. The van der Waals surface area contributed by atoms with E-state index < -0.39 is 28.4 Å². The SMILES string of the molecule is O=C1C(=O)N(c2ccccc2)C(c2ccc(OCc3ccccc3)cc2)/C1=C(/O)c1ccc([N+](=O)[O-])cc1. The molecular formula is C30H22N2O6. The fourth-order valence-electron chi connectivity index (χ4n) is 4.39. The molecule has 0 radical (unpaired) electrons. The second kappa shape index (κ2) is 10.4. The number of nitrogens with zero attached hydrogens (tertiary/aromatic N) is 2. The number of aliphatic hydroxyl groups excluding tert-OH is 1. The molecule has 4 aromatic rings. The average molecular weight is 507 g/mol. The minimum absolute atomic E-state index is 0.106. The molecule has 0 aromatic heterocycles. The number of Topliss-reactive ketones (excluding diaryl/α,β-unsaturated/α-hetero) is 1. The number of anilines is 1. The summed E-state index contributed by atoms with van der Waals surface area (Å²) >= 11 is 0. The van der Waals surface area contributed by atoms with E-state index in [2.05, 4.69) is 0 Å². The summed E-state index contributed by atoms with van der Waals surface area (Å²) in [6, 6.07) is 29.6. The maximum Gasteiger partial charge on any atom is 0.300 e. The van der Waals surface area contributed by atoms with E-state index in [1.807, 2.05) is 30.3 Å². The standard InChI is InChI=1S/C30H22N2O6/c33-28(22-11-15-24(16-12-22)32(36)37)26-27(31(30(35)29(26)34)23-9-5-2-6-10-23)21-13-17-25(18-14-21)38-19-20-7-3-1-4-8-20/h1-18,27,33H,19H2/b28-26-. The lowest BCUT2D eigenvalue weighted by Gasteiger charge is -2.25. The van der Waals surface area contributed by atoms with Crippen LogP contribution in [0.5, 0.6) is 5.75 Å². The molecular weight excluding hydrogens is 484 g/mol. The number of carbonyl (C=O) groups is 2. The van der Waals surface area contributed by atoms with Crippen LogP contribution in [0.2, 0.25) is 0 Å². The molecule has 188 valence electrons. The van der Waals surface area contributed by atoms with Crippen molar-refractivity contribution in [2.24, 2.45) is 0 Å². The predicted molar refractivity (Wildman–Crippen MR) is 142 cm³/mol. The minimum atomic E-state index is -0.921.